The van der Waals surface area contributed by atoms with Crippen molar-refractivity contribution in [3.05, 3.63) is 29.8 Å². The molecule has 2 N–H and O–H groups in total. The van der Waals surface area contributed by atoms with Gasteiger partial charge in [0, 0.05) is 19.5 Å². The third kappa shape index (κ3) is 4.53. The van der Waals surface area contributed by atoms with Crippen molar-refractivity contribution < 1.29 is 18.4 Å². The van der Waals surface area contributed by atoms with Gasteiger partial charge in [0.25, 0.3) is 0 Å². The highest BCUT2D eigenvalue weighted by atomic mass is 32.2. The molecule has 1 amide bonds. The lowest BCUT2D eigenvalue weighted by molar-refractivity contribution is -0.129. The highest BCUT2D eigenvalue weighted by molar-refractivity contribution is 7.89. The molecule has 128 valence electrons. The lowest BCUT2D eigenvalue weighted by Crippen LogP contribution is -2.38. The maximum Gasteiger partial charge on any atom is 0.243 e. The number of carbonyl (C=O) groups is 1. The van der Waals surface area contributed by atoms with Crippen LogP contribution >= 0.6 is 0 Å². The molecule has 1 aromatic rings. The van der Waals surface area contributed by atoms with Gasteiger partial charge in [-0.3, -0.25) is 10.0 Å². The second-order valence-electron chi connectivity index (χ2n) is 6.04. The zero-order valence-electron chi connectivity index (χ0n) is 13.4. The van der Waals surface area contributed by atoms with Crippen molar-refractivity contribution in [1.29, 1.82) is 0 Å². The molecule has 0 unspecified atom stereocenters. The molecule has 0 aliphatic carbocycles. The van der Waals surface area contributed by atoms with E-state index in [4.69, 9.17) is 5.21 Å². The number of rotatable bonds is 6. The monoisotopic (exact) mass is 340 g/mol. The summed E-state index contributed by atoms with van der Waals surface area (Å²) in [6, 6.07) is 7.05. The van der Waals surface area contributed by atoms with Crippen LogP contribution in [0.15, 0.2) is 29.2 Å². The third-order valence-electron chi connectivity index (χ3n) is 4.43. The Morgan fingerprint density at radius 3 is 2.57 bits per heavy atom. The van der Waals surface area contributed by atoms with Gasteiger partial charge in [-0.15, -0.1) is 0 Å². The minimum absolute atomic E-state index is 0.304. The summed E-state index contributed by atoms with van der Waals surface area (Å²) >= 11 is 0. The average Bonchev–Trinajstić information content (AvgIpc) is 2.55. The van der Waals surface area contributed by atoms with E-state index >= 15 is 0 Å². The highest BCUT2D eigenvalue weighted by Crippen LogP contribution is 2.27. The molecule has 23 heavy (non-hydrogen) atoms. The molecule has 0 saturated carbocycles. The third-order valence-corrected chi connectivity index (χ3v) is 6.48. The summed E-state index contributed by atoms with van der Waals surface area (Å²) in [5.74, 6) is 0.0642. The van der Waals surface area contributed by atoms with Gasteiger partial charge in [-0.05, 0) is 50.2 Å². The van der Waals surface area contributed by atoms with E-state index in [1.807, 2.05) is 19.1 Å². The SMILES string of the molecule is Cc1ccccc1S(=O)(=O)N1CCC(CCCC(=O)NO)CC1. The van der Waals surface area contributed by atoms with Gasteiger partial charge in [-0.1, -0.05) is 18.2 Å². The highest BCUT2D eigenvalue weighted by Gasteiger charge is 2.30. The molecule has 0 spiro atoms. The predicted molar refractivity (Wildman–Crippen MR) is 86.4 cm³/mol. The summed E-state index contributed by atoms with van der Waals surface area (Å²) in [7, 11) is -3.42. The van der Waals surface area contributed by atoms with Gasteiger partial charge in [-0.25, -0.2) is 13.9 Å². The maximum absolute atomic E-state index is 12.7. The zero-order valence-corrected chi connectivity index (χ0v) is 14.2. The van der Waals surface area contributed by atoms with Crippen molar-refractivity contribution in [1.82, 2.24) is 9.79 Å². The number of amides is 1. The van der Waals surface area contributed by atoms with Crippen LogP contribution in [0, 0.1) is 12.8 Å². The van der Waals surface area contributed by atoms with Gasteiger partial charge >= 0.3 is 0 Å². The first-order chi connectivity index (χ1) is 10.9. The minimum Gasteiger partial charge on any atom is -0.289 e. The van der Waals surface area contributed by atoms with Crippen molar-refractivity contribution in [3.8, 4) is 0 Å². The molecule has 7 heteroatoms. The Morgan fingerprint density at radius 1 is 1.30 bits per heavy atom. The summed E-state index contributed by atoms with van der Waals surface area (Å²) in [6.07, 6.45) is 3.52. The standard InChI is InChI=1S/C16H24N2O4S/c1-13-5-2-3-7-15(13)23(21,22)18-11-9-14(10-12-18)6-4-8-16(19)17-20/h2-3,5,7,14,20H,4,6,8-12H2,1H3,(H,17,19). The van der Waals surface area contributed by atoms with Crippen molar-refractivity contribution in [2.45, 2.75) is 43.9 Å². The van der Waals surface area contributed by atoms with Crippen LogP contribution in [-0.4, -0.2) is 36.9 Å². The Balaban J connectivity index is 1.89. The molecule has 1 saturated heterocycles. The molecule has 1 aromatic carbocycles. The van der Waals surface area contributed by atoms with Crippen molar-refractivity contribution in [2.75, 3.05) is 13.1 Å². The number of piperidine rings is 1. The maximum atomic E-state index is 12.7. The molecule has 1 aliphatic rings. The Labute approximate surface area is 137 Å². The van der Waals surface area contributed by atoms with Gasteiger partial charge in [0.1, 0.15) is 0 Å². The molecular formula is C16H24N2O4S. The summed E-state index contributed by atoms with van der Waals surface area (Å²) in [6.45, 7) is 2.85. The molecule has 6 nitrogen and oxygen atoms in total. The number of benzene rings is 1. The lowest BCUT2D eigenvalue weighted by Gasteiger charge is -2.31. The van der Waals surface area contributed by atoms with Crippen molar-refractivity contribution in [2.24, 2.45) is 5.92 Å². The first-order valence-corrected chi connectivity index (χ1v) is 9.38. The molecule has 0 aromatic heterocycles. The van der Waals surface area contributed by atoms with Crippen LogP contribution in [-0.2, 0) is 14.8 Å². The Morgan fingerprint density at radius 2 is 1.96 bits per heavy atom. The van der Waals surface area contributed by atoms with Crippen LogP contribution in [0.2, 0.25) is 0 Å². The van der Waals surface area contributed by atoms with E-state index < -0.39 is 10.0 Å². The molecule has 2 rings (SSSR count). The first kappa shape index (κ1) is 17.9. The number of aryl methyl sites for hydroxylation is 1. The van der Waals surface area contributed by atoms with E-state index in [0.29, 0.717) is 36.7 Å². The number of nitrogens with one attached hydrogen (secondary N) is 1. The van der Waals surface area contributed by atoms with E-state index in [1.54, 1.807) is 21.9 Å². The normalized spacial score (nSPS) is 17.1. The van der Waals surface area contributed by atoms with Gasteiger partial charge in [-0.2, -0.15) is 4.31 Å². The van der Waals surface area contributed by atoms with Gasteiger partial charge in [0.2, 0.25) is 15.9 Å². The number of hydrogen-bond acceptors (Lipinski definition) is 4. The van der Waals surface area contributed by atoms with E-state index in [9.17, 15) is 13.2 Å². The zero-order chi connectivity index (χ0) is 16.9. The lowest BCUT2D eigenvalue weighted by atomic mass is 9.92. The number of hydrogen-bond donors (Lipinski definition) is 2. The number of sulfonamides is 1. The molecular weight excluding hydrogens is 316 g/mol. The molecule has 1 aliphatic heterocycles. The summed E-state index contributed by atoms with van der Waals surface area (Å²) in [5, 5.41) is 8.45. The Kier molecular flexibility index (Phi) is 6.15. The number of nitrogens with zero attached hydrogens (tertiary/aromatic N) is 1. The summed E-state index contributed by atoms with van der Waals surface area (Å²) < 4.78 is 27.0. The van der Waals surface area contributed by atoms with Gasteiger partial charge in [0.05, 0.1) is 4.90 Å². The summed E-state index contributed by atoms with van der Waals surface area (Å²) in [5.41, 5.74) is 2.39. The second-order valence-corrected chi connectivity index (χ2v) is 7.95. The fraction of sp³-hybridized carbons (Fsp3) is 0.562. The van der Waals surface area contributed by atoms with Crippen molar-refractivity contribution in [3.63, 3.8) is 0 Å². The fourth-order valence-corrected chi connectivity index (χ4v) is 4.73. The largest absolute Gasteiger partial charge is 0.289 e. The Bertz CT molecular complexity index is 637. The van der Waals surface area contributed by atoms with Crippen LogP contribution < -0.4 is 5.48 Å². The molecule has 1 fully saturated rings. The van der Waals surface area contributed by atoms with E-state index in [1.165, 1.54) is 0 Å². The fourth-order valence-electron chi connectivity index (χ4n) is 3.03. The van der Waals surface area contributed by atoms with E-state index in [0.717, 1.165) is 24.8 Å². The topological polar surface area (TPSA) is 86.7 Å². The van der Waals surface area contributed by atoms with Gasteiger partial charge < -0.3 is 0 Å². The van der Waals surface area contributed by atoms with Crippen LogP contribution in [0.5, 0.6) is 0 Å². The van der Waals surface area contributed by atoms with Crippen LogP contribution in [0.1, 0.15) is 37.7 Å². The average molecular weight is 340 g/mol. The molecule has 0 bridgehead atoms. The van der Waals surface area contributed by atoms with Crippen LogP contribution in [0.4, 0.5) is 0 Å². The Hall–Kier alpha value is -1.44. The second kappa shape index (κ2) is 7.90. The quantitative estimate of drug-likeness (QED) is 0.613. The molecule has 0 atom stereocenters. The summed E-state index contributed by atoms with van der Waals surface area (Å²) in [4.78, 5) is 11.4. The smallest absolute Gasteiger partial charge is 0.243 e. The van der Waals surface area contributed by atoms with E-state index in [2.05, 4.69) is 0 Å². The van der Waals surface area contributed by atoms with Crippen molar-refractivity contribution >= 4 is 15.9 Å². The number of hydroxylamine groups is 1. The first-order valence-electron chi connectivity index (χ1n) is 7.94. The van der Waals surface area contributed by atoms with Gasteiger partial charge in [0.15, 0.2) is 0 Å². The minimum atomic E-state index is -3.42. The van der Waals surface area contributed by atoms with Crippen LogP contribution in [0.25, 0.3) is 0 Å². The molecule has 0 radical (unpaired) electrons. The number of carbonyl (C=O) groups excluding carboxylic acids is 1. The van der Waals surface area contributed by atoms with Crippen LogP contribution in [0.3, 0.4) is 0 Å². The predicted octanol–water partition coefficient (Wildman–Crippen LogP) is 2.07. The van der Waals surface area contributed by atoms with E-state index in [-0.39, 0.29) is 5.91 Å². The molecule has 1 heterocycles.